The molecule has 0 saturated carbocycles. The number of rotatable bonds is 2. The van der Waals surface area contributed by atoms with Gasteiger partial charge in [0.1, 0.15) is 0 Å². The maximum Gasteiger partial charge on any atom is 0.416 e. The van der Waals surface area contributed by atoms with E-state index >= 15 is 0 Å². The Balaban J connectivity index is 2.08. The molecular weight excluding hydrogens is 418 g/mol. The van der Waals surface area contributed by atoms with Crippen molar-refractivity contribution in [3.8, 4) is 0 Å². The van der Waals surface area contributed by atoms with Crippen LogP contribution in [0.4, 0.5) is 37.8 Å². The molecule has 0 aliphatic carbocycles. The molecule has 0 saturated heterocycles. The number of fused-ring (bicyclic) bond motifs is 1. The summed E-state index contributed by atoms with van der Waals surface area (Å²) in [5, 5.41) is 6.50. The third-order valence-corrected chi connectivity index (χ3v) is 3.78. The van der Waals surface area contributed by atoms with Crippen LogP contribution in [0.2, 0.25) is 0 Å². The van der Waals surface area contributed by atoms with Crippen LogP contribution in [0.25, 0.3) is 11.0 Å². The Bertz CT molecular complexity index is 900. The third kappa shape index (κ3) is 3.73. The quantitative estimate of drug-likeness (QED) is 0.485. The average Bonchev–Trinajstić information content (AvgIpc) is 2.87. The second kappa shape index (κ2) is 5.94. The molecule has 1 heterocycles. The maximum absolute atomic E-state index is 12.9. The molecular formula is C15H7BrF6N2O. The van der Waals surface area contributed by atoms with Gasteiger partial charge < -0.3 is 9.84 Å². The number of benzene rings is 2. The minimum atomic E-state index is -4.92. The predicted molar refractivity (Wildman–Crippen MR) is 81.4 cm³/mol. The van der Waals surface area contributed by atoms with Crippen molar-refractivity contribution in [2.24, 2.45) is 0 Å². The second-order valence-corrected chi connectivity index (χ2v) is 6.01. The fraction of sp³-hybridized carbons (Fsp3) is 0.133. The molecule has 0 aliphatic heterocycles. The van der Waals surface area contributed by atoms with Crippen molar-refractivity contribution >= 4 is 38.4 Å². The first-order chi connectivity index (χ1) is 11.5. The summed E-state index contributed by atoms with van der Waals surface area (Å²) in [5.74, 6) is 0.00347. The molecule has 0 aliphatic rings. The Kier molecular flexibility index (Phi) is 4.18. The van der Waals surface area contributed by atoms with Gasteiger partial charge in [0, 0.05) is 10.2 Å². The van der Waals surface area contributed by atoms with Crippen LogP contribution in [0, 0.1) is 0 Å². The summed E-state index contributed by atoms with van der Waals surface area (Å²) in [6.45, 7) is 0. The van der Waals surface area contributed by atoms with Crippen LogP contribution in [0.3, 0.4) is 0 Å². The summed E-state index contributed by atoms with van der Waals surface area (Å²) < 4.78 is 82.9. The molecule has 2 aromatic carbocycles. The van der Waals surface area contributed by atoms with Crippen molar-refractivity contribution in [2.45, 2.75) is 12.4 Å². The number of halogens is 7. The largest absolute Gasteiger partial charge is 0.416 e. The van der Waals surface area contributed by atoms with Crippen molar-refractivity contribution < 1.29 is 30.9 Å². The summed E-state index contributed by atoms with van der Waals surface area (Å²) in [6, 6.07) is 6.00. The number of nitrogens with one attached hydrogen (secondary N) is 1. The summed E-state index contributed by atoms with van der Waals surface area (Å²) in [4.78, 5) is 0. The number of aromatic nitrogens is 1. The molecule has 132 valence electrons. The maximum atomic E-state index is 12.9. The Labute approximate surface area is 144 Å². The van der Waals surface area contributed by atoms with Crippen LogP contribution in [-0.2, 0) is 12.4 Å². The first-order valence-corrected chi connectivity index (χ1v) is 7.45. The van der Waals surface area contributed by atoms with E-state index in [-0.39, 0.29) is 11.9 Å². The van der Waals surface area contributed by atoms with E-state index in [2.05, 4.69) is 26.4 Å². The van der Waals surface area contributed by atoms with E-state index in [0.717, 1.165) is 0 Å². The van der Waals surface area contributed by atoms with Crippen molar-refractivity contribution in [2.75, 3.05) is 5.32 Å². The number of alkyl halides is 6. The van der Waals surface area contributed by atoms with Crippen LogP contribution in [-0.4, -0.2) is 5.16 Å². The third-order valence-electron chi connectivity index (χ3n) is 3.28. The zero-order chi connectivity index (χ0) is 18.4. The van der Waals surface area contributed by atoms with Gasteiger partial charge in [0.05, 0.1) is 16.5 Å². The van der Waals surface area contributed by atoms with E-state index < -0.39 is 29.2 Å². The molecule has 0 spiro atoms. The summed E-state index contributed by atoms with van der Waals surface area (Å²) in [5.41, 5.74) is -2.91. The lowest BCUT2D eigenvalue weighted by atomic mass is 10.1. The molecule has 0 amide bonds. The lowest BCUT2D eigenvalue weighted by Gasteiger charge is -2.14. The fourth-order valence-corrected chi connectivity index (χ4v) is 2.53. The Morgan fingerprint density at radius 2 is 1.48 bits per heavy atom. The Morgan fingerprint density at radius 1 is 0.880 bits per heavy atom. The normalized spacial score (nSPS) is 12.6. The van der Waals surface area contributed by atoms with E-state index in [1.54, 1.807) is 18.2 Å². The number of hydrogen-bond donors (Lipinski definition) is 1. The molecule has 0 fully saturated rings. The van der Waals surface area contributed by atoms with Gasteiger partial charge in [0.2, 0.25) is 0 Å². The zero-order valence-corrected chi connectivity index (χ0v) is 13.6. The predicted octanol–water partition coefficient (Wildman–Crippen LogP) is 6.37. The lowest BCUT2D eigenvalue weighted by Crippen LogP contribution is -2.11. The number of anilines is 2. The fourth-order valence-electron chi connectivity index (χ4n) is 2.16. The highest BCUT2D eigenvalue weighted by Crippen LogP contribution is 2.38. The van der Waals surface area contributed by atoms with Crippen LogP contribution in [0.15, 0.2) is 45.4 Å². The number of nitrogens with zero attached hydrogens (tertiary/aromatic N) is 1. The zero-order valence-electron chi connectivity index (χ0n) is 12.0. The van der Waals surface area contributed by atoms with E-state index in [1.807, 2.05) is 0 Å². The van der Waals surface area contributed by atoms with Crippen LogP contribution < -0.4 is 5.32 Å². The van der Waals surface area contributed by atoms with Crippen LogP contribution in [0.5, 0.6) is 0 Å². The molecule has 3 nitrogen and oxygen atoms in total. The summed E-state index contributed by atoms with van der Waals surface area (Å²) in [6.07, 6.45) is -9.85. The second-order valence-electron chi connectivity index (χ2n) is 5.09. The SMILES string of the molecule is FC(F)(F)c1cc(Nc2noc3ccc(Br)cc23)cc(C(F)(F)F)c1. The topological polar surface area (TPSA) is 38.1 Å². The molecule has 0 bridgehead atoms. The Hall–Kier alpha value is -2.23. The monoisotopic (exact) mass is 424 g/mol. The molecule has 0 radical (unpaired) electrons. The van der Waals surface area contributed by atoms with Gasteiger partial charge in [-0.15, -0.1) is 0 Å². The molecule has 0 atom stereocenters. The van der Waals surface area contributed by atoms with E-state index in [1.165, 1.54) is 0 Å². The smallest absolute Gasteiger partial charge is 0.354 e. The van der Waals surface area contributed by atoms with Gasteiger partial charge >= 0.3 is 12.4 Å². The standard InChI is InChI=1S/C15H7BrF6N2O/c16-9-1-2-12-11(6-9)13(24-25-12)23-10-4-7(14(17,18)19)3-8(5-10)15(20,21)22/h1-6H,(H,23,24). The molecule has 25 heavy (non-hydrogen) atoms. The van der Waals surface area contributed by atoms with Crippen molar-refractivity contribution in [3.63, 3.8) is 0 Å². The molecule has 1 N–H and O–H groups in total. The Morgan fingerprint density at radius 3 is 2.04 bits per heavy atom. The van der Waals surface area contributed by atoms with E-state index in [4.69, 9.17) is 4.52 Å². The molecule has 1 aromatic heterocycles. The highest BCUT2D eigenvalue weighted by molar-refractivity contribution is 9.10. The van der Waals surface area contributed by atoms with Gasteiger partial charge in [-0.25, -0.2) is 0 Å². The molecule has 10 heteroatoms. The van der Waals surface area contributed by atoms with Gasteiger partial charge in [0.25, 0.3) is 0 Å². The average molecular weight is 425 g/mol. The van der Waals surface area contributed by atoms with Crippen LogP contribution >= 0.6 is 15.9 Å². The van der Waals surface area contributed by atoms with Crippen molar-refractivity contribution in [1.29, 1.82) is 0 Å². The highest BCUT2D eigenvalue weighted by Gasteiger charge is 2.37. The first-order valence-electron chi connectivity index (χ1n) is 6.65. The van der Waals surface area contributed by atoms with E-state index in [0.29, 0.717) is 27.6 Å². The minimum Gasteiger partial charge on any atom is -0.354 e. The summed E-state index contributed by atoms with van der Waals surface area (Å²) >= 11 is 3.22. The molecule has 3 rings (SSSR count). The highest BCUT2D eigenvalue weighted by atomic mass is 79.9. The van der Waals surface area contributed by atoms with Crippen molar-refractivity contribution in [3.05, 3.63) is 52.0 Å². The number of hydrogen-bond acceptors (Lipinski definition) is 3. The summed E-state index contributed by atoms with van der Waals surface area (Å²) in [7, 11) is 0. The van der Waals surface area contributed by atoms with Crippen LogP contribution in [0.1, 0.15) is 11.1 Å². The molecule has 3 aromatic rings. The van der Waals surface area contributed by atoms with Gasteiger partial charge in [-0.1, -0.05) is 21.1 Å². The van der Waals surface area contributed by atoms with Gasteiger partial charge in [-0.05, 0) is 36.4 Å². The first kappa shape index (κ1) is 17.6. The lowest BCUT2D eigenvalue weighted by molar-refractivity contribution is -0.143. The van der Waals surface area contributed by atoms with Gasteiger partial charge in [-0.3, -0.25) is 0 Å². The molecule has 0 unspecified atom stereocenters. The van der Waals surface area contributed by atoms with Crippen molar-refractivity contribution in [1.82, 2.24) is 5.16 Å². The van der Waals surface area contributed by atoms with Gasteiger partial charge in [0.15, 0.2) is 11.4 Å². The van der Waals surface area contributed by atoms with E-state index in [9.17, 15) is 26.3 Å². The minimum absolute atomic E-state index is 0.00347. The van der Waals surface area contributed by atoms with Gasteiger partial charge in [-0.2, -0.15) is 26.3 Å².